The number of benzene rings is 1. The van der Waals surface area contributed by atoms with Gasteiger partial charge in [-0.25, -0.2) is 0 Å². The van der Waals surface area contributed by atoms with E-state index in [-0.39, 0.29) is 0 Å². The predicted molar refractivity (Wildman–Crippen MR) is 92.1 cm³/mol. The van der Waals surface area contributed by atoms with Crippen LogP contribution in [0.25, 0.3) is 0 Å². The van der Waals surface area contributed by atoms with Crippen LogP contribution in [0.4, 0.5) is 0 Å². The van der Waals surface area contributed by atoms with Gasteiger partial charge in [-0.2, -0.15) is 5.10 Å². The van der Waals surface area contributed by atoms with E-state index in [1.165, 1.54) is 6.42 Å². The number of rotatable bonds is 3. The van der Waals surface area contributed by atoms with E-state index in [9.17, 15) is 0 Å². The highest BCUT2D eigenvalue weighted by molar-refractivity contribution is 7.80. The molecule has 2 aliphatic carbocycles. The Morgan fingerprint density at radius 3 is 2.76 bits per heavy atom. The Bertz CT molecular complexity index is 615. The third-order valence-electron chi connectivity index (χ3n) is 3.92. The average molecular weight is 340 g/mol. The molecule has 1 fully saturated rings. The Labute approximate surface area is 139 Å². The molecule has 3 atom stereocenters. The van der Waals surface area contributed by atoms with Crippen LogP contribution < -0.4 is 10.7 Å². The number of hydrogen-bond donors (Lipinski definition) is 2. The third-order valence-corrected chi connectivity index (χ3v) is 4.87. The lowest BCUT2D eigenvalue weighted by Gasteiger charge is -2.20. The molecule has 2 N–H and O–H groups in total. The van der Waals surface area contributed by atoms with Crippen molar-refractivity contribution in [2.45, 2.75) is 18.9 Å². The monoisotopic (exact) mass is 339 g/mol. The van der Waals surface area contributed by atoms with Gasteiger partial charge in [-0.1, -0.05) is 41.4 Å². The maximum atomic E-state index is 5.95. The molecular formula is C15H15Cl2N3S. The second-order valence-electron chi connectivity index (χ2n) is 5.40. The third kappa shape index (κ3) is 3.57. The average Bonchev–Trinajstić information content (AvgIpc) is 3.05. The fraction of sp³-hybridized carbons (Fsp3) is 0.333. The number of thiocarbonyl (C=S) groups is 1. The van der Waals surface area contributed by atoms with Crippen LogP contribution in [0.3, 0.4) is 0 Å². The van der Waals surface area contributed by atoms with Gasteiger partial charge in [-0.05, 0) is 54.6 Å². The smallest absolute Gasteiger partial charge is 0.187 e. The van der Waals surface area contributed by atoms with Crippen molar-refractivity contribution in [1.82, 2.24) is 10.7 Å². The lowest BCUT2D eigenvalue weighted by Crippen LogP contribution is -2.42. The molecule has 0 aliphatic heterocycles. The first-order valence-corrected chi connectivity index (χ1v) is 8.01. The molecule has 2 bridgehead atoms. The first-order chi connectivity index (χ1) is 10.1. The van der Waals surface area contributed by atoms with Crippen molar-refractivity contribution in [2.24, 2.45) is 16.9 Å². The predicted octanol–water partition coefficient (Wildman–Crippen LogP) is 3.76. The van der Waals surface area contributed by atoms with Crippen molar-refractivity contribution in [1.29, 1.82) is 0 Å². The molecule has 3 nitrogen and oxygen atoms in total. The van der Waals surface area contributed by atoms with E-state index in [4.69, 9.17) is 35.4 Å². The minimum atomic E-state index is 0.431. The van der Waals surface area contributed by atoms with Crippen molar-refractivity contribution in [2.75, 3.05) is 0 Å². The van der Waals surface area contributed by atoms with Crippen molar-refractivity contribution in [3.63, 3.8) is 0 Å². The summed E-state index contributed by atoms with van der Waals surface area (Å²) in [5.41, 5.74) is 3.70. The molecule has 0 aromatic heterocycles. The van der Waals surface area contributed by atoms with Gasteiger partial charge in [0.25, 0.3) is 0 Å². The first kappa shape index (κ1) is 14.8. The Morgan fingerprint density at radius 1 is 1.24 bits per heavy atom. The zero-order chi connectivity index (χ0) is 14.8. The van der Waals surface area contributed by atoms with Crippen molar-refractivity contribution < 1.29 is 0 Å². The Kier molecular flexibility index (Phi) is 4.48. The molecular weight excluding hydrogens is 325 g/mol. The normalized spacial score (nSPS) is 26.5. The van der Waals surface area contributed by atoms with Crippen molar-refractivity contribution >= 4 is 46.7 Å². The summed E-state index contributed by atoms with van der Waals surface area (Å²) in [4.78, 5) is 0. The van der Waals surface area contributed by atoms with Crippen LogP contribution in [0.2, 0.25) is 10.0 Å². The summed E-state index contributed by atoms with van der Waals surface area (Å²) in [6, 6.07) is 5.77. The summed E-state index contributed by atoms with van der Waals surface area (Å²) in [5, 5.41) is 9.04. The molecule has 2 aliphatic rings. The van der Waals surface area contributed by atoms with Crippen LogP contribution in [0.5, 0.6) is 0 Å². The topological polar surface area (TPSA) is 36.4 Å². The maximum Gasteiger partial charge on any atom is 0.187 e. The molecule has 0 heterocycles. The maximum absolute atomic E-state index is 5.95. The number of halogens is 2. The number of fused-ring (bicyclic) bond motifs is 2. The molecule has 1 saturated carbocycles. The molecule has 21 heavy (non-hydrogen) atoms. The molecule has 0 radical (unpaired) electrons. The molecule has 110 valence electrons. The molecule has 3 rings (SSSR count). The van der Waals surface area contributed by atoms with Crippen LogP contribution in [-0.2, 0) is 0 Å². The van der Waals surface area contributed by atoms with E-state index in [1.807, 2.05) is 6.07 Å². The second kappa shape index (κ2) is 6.34. The lowest BCUT2D eigenvalue weighted by molar-refractivity contribution is 0.521. The van der Waals surface area contributed by atoms with Crippen LogP contribution in [0, 0.1) is 11.8 Å². The van der Waals surface area contributed by atoms with E-state index in [2.05, 4.69) is 28.0 Å². The number of nitrogens with zero attached hydrogens (tertiary/aromatic N) is 1. The zero-order valence-electron chi connectivity index (χ0n) is 11.2. The summed E-state index contributed by atoms with van der Waals surface area (Å²) >= 11 is 17.1. The van der Waals surface area contributed by atoms with Gasteiger partial charge in [0.2, 0.25) is 0 Å². The summed E-state index contributed by atoms with van der Waals surface area (Å²) in [6.07, 6.45) is 8.65. The van der Waals surface area contributed by atoms with Gasteiger partial charge in [0.15, 0.2) is 5.11 Å². The van der Waals surface area contributed by atoms with Crippen molar-refractivity contribution in [3.05, 3.63) is 46.0 Å². The van der Waals surface area contributed by atoms with Crippen molar-refractivity contribution in [3.8, 4) is 0 Å². The molecule has 1 aromatic rings. The van der Waals surface area contributed by atoms with Gasteiger partial charge in [-0.3, -0.25) is 5.43 Å². The van der Waals surface area contributed by atoms with Gasteiger partial charge in [0.05, 0.1) is 16.3 Å². The minimum Gasteiger partial charge on any atom is -0.358 e. The largest absolute Gasteiger partial charge is 0.358 e. The summed E-state index contributed by atoms with van der Waals surface area (Å²) in [6.45, 7) is 0. The van der Waals surface area contributed by atoms with Gasteiger partial charge < -0.3 is 5.32 Å². The molecule has 6 heteroatoms. The second-order valence-corrected chi connectivity index (χ2v) is 6.63. The van der Waals surface area contributed by atoms with Crippen LogP contribution in [0.1, 0.15) is 18.4 Å². The van der Waals surface area contributed by atoms with E-state index in [0.717, 1.165) is 17.9 Å². The summed E-state index contributed by atoms with van der Waals surface area (Å²) in [7, 11) is 0. The number of hydrazone groups is 1. The summed E-state index contributed by atoms with van der Waals surface area (Å²) < 4.78 is 0. The van der Waals surface area contributed by atoms with Crippen LogP contribution >= 0.6 is 35.4 Å². The van der Waals surface area contributed by atoms with E-state index in [0.29, 0.717) is 27.1 Å². The fourth-order valence-electron chi connectivity index (χ4n) is 2.91. The fourth-order valence-corrected chi connectivity index (χ4v) is 3.42. The number of nitrogens with one attached hydrogen (secondary N) is 2. The van der Waals surface area contributed by atoms with Gasteiger partial charge in [0, 0.05) is 6.04 Å². The molecule has 1 aromatic carbocycles. The van der Waals surface area contributed by atoms with Crippen LogP contribution in [0.15, 0.2) is 35.5 Å². The Morgan fingerprint density at radius 2 is 2.10 bits per heavy atom. The van der Waals surface area contributed by atoms with Crippen LogP contribution in [-0.4, -0.2) is 17.4 Å². The Balaban J connectivity index is 1.50. The number of allylic oxidation sites excluding steroid dienone is 1. The Hall–Kier alpha value is -1.10. The van der Waals surface area contributed by atoms with E-state index >= 15 is 0 Å². The highest BCUT2D eigenvalue weighted by Gasteiger charge is 2.35. The van der Waals surface area contributed by atoms with E-state index in [1.54, 1.807) is 18.3 Å². The number of hydrogen-bond acceptors (Lipinski definition) is 2. The minimum absolute atomic E-state index is 0.431. The molecule has 0 unspecified atom stereocenters. The quantitative estimate of drug-likeness (QED) is 0.381. The lowest BCUT2D eigenvalue weighted by atomic mass is 10.0. The standard InChI is InChI=1S/C15H15Cl2N3S/c16-12-4-2-10(6-13(12)17)8-18-20-15(21)19-14-7-9-1-3-11(14)5-9/h1-4,6,8-9,11,14H,5,7H2,(H2,19,20,21)/b18-8-/t9-,11-,14-/m1/s1. The highest BCUT2D eigenvalue weighted by atomic mass is 35.5. The molecule has 0 saturated heterocycles. The SMILES string of the molecule is S=C(N/N=C\c1ccc(Cl)c(Cl)c1)N[C@@H]1C[C@@H]2C=C[C@@H]1C2. The summed E-state index contributed by atoms with van der Waals surface area (Å²) in [5.74, 6) is 1.32. The highest BCUT2D eigenvalue weighted by Crippen LogP contribution is 2.38. The van der Waals surface area contributed by atoms with Gasteiger partial charge in [0.1, 0.15) is 0 Å². The zero-order valence-corrected chi connectivity index (χ0v) is 13.6. The van der Waals surface area contributed by atoms with Gasteiger partial charge in [-0.15, -0.1) is 0 Å². The van der Waals surface area contributed by atoms with Gasteiger partial charge >= 0.3 is 0 Å². The van der Waals surface area contributed by atoms with E-state index < -0.39 is 0 Å². The molecule has 0 amide bonds. The molecule has 0 spiro atoms. The first-order valence-electron chi connectivity index (χ1n) is 6.85.